The van der Waals surface area contributed by atoms with Crippen LogP contribution in [-0.2, 0) is 16.6 Å². The number of rotatable bonds is 8. The van der Waals surface area contributed by atoms with Gasteiger partial charge in [-0.05, 0) is 57.0 Å². The van der Waals surface area contributed by atoms with Gasteiger partial charge in [-0.1, -0.05) is 25.0 Å². The van der Waals surface area contributed by atoms with Gasteiger partial charge in [0.25, 0.3) is 11.5 Å². The summed E-state index contributed by atoms with van der Waals surface area (Å²) in [6, 6.07) is 11.0. The first-order chi connectivity index (χ1) is 16.7. The lowest BCUT2D eigenvalue weighted by atomic mass is 10.1. The number of carbonyl (C=O) groups excluding carboxylic acids is 1. The Balaban J connectivity index is 1.65. The fraction of sp³-hybridized carbons (Fsp3) is 0.400. The van der Waals surface area contributed by atoms with Gasteiger partial charge in [0, 0.05) is 17.6 Å². The second-order valence-electron chi connectivity index (χ2n) is 9.02. The van der Waals surface area contributed by atoms with Crippen LogP contribution in [0.15, 0.2) is 52.2 Å². The average molecular weight is 499 g/mol. The number of carbonyl (C=O) groups is 1. The number of benzene rings is 2. The number of ether oxygens (including phenoxy) is 1. The van der Waals surface area contributed by atoms with Gasteiger partial charge in [-0.25, -0.2) is 18.1 Å². The van der Waals surface area contributed by atoms with Gasteiger partial charge in [0.05, 0.1) is 24.6 Å². The second kappa shape index (κ2) is 10.2. The van der Waals surface area contributed by atoms with Crippen LogP contribution < -0.4 is 15.0 Å². The van der Waals surface area contributed by atoms with Crippen LogP contribution in [0.4, 0.5) is 0 Å². The highest BCUT2D eigenvalue weighted by Gasteiger charge is 2.28. The van der Waals surface area contributed by atoms with Crippen LogP contribution in [0.5, 0.6) is 5.75 Å². The van der Waals surface area contributed by atoms with E-state index in [1.807, 2.05) is 13.8 Å². The molecule has 3 aromatic rings. The first-order valence-electron chi connectivity index (χ1n) is 11.7. The van der Waals surface area contributed by atoms with E-state index < -0.39 is 10.0 Å². The number of nitrogens with one attached hydrogen (secondary N) is 2. The smallest absolute Gasteiger partial charge is 0.258 e. The van der Waals surface area contributed by atoms with Crippen molar-refractivity contribution in [2.75, 3.05) is 7.11 Å². The fourth-order valence-corrected chi connectivity index (χ4v) is 5.87. The van der Waals surface area contributed by atoms with Crippen LogP contribution in [-0.4, -0.2) is 48.4 Å². The zero-order chi connectivity index (χ0) is 25.2. The highest BCUT2D eigenvalue weighted by atomic mass is 32.2. The molecule has 0 spiro atoms. The molecular formula is C25H30N4O5S. The molecule has 1 amide bonds. The monoisotopic (exact) mass is 498 g/mol. The molecule has 0 saturated heterocycles. The molecule has 1 saturated carbocycles. The number of fused-ring (bicyclic) bond motifs is 1. The Bertz CT molecular complexity index is 1390. The van der Waals surface area contributed by atoms with Crippen LogP contribution >= 0.6 is 0 Å². The van der Waals surface area contributed by atoms with E-state index >= 15 is 0 Å². The predicted octanol–water partition coefficient (Wildman–Crippen LogP) is 3.20. The van der Waals surface area contributed by atoms with Crippen molar-refractivity contribution in [3.8, 4) is 5.75 Å². The van der Waals surface area contributed by atoms with Gasteiger partial charge < -0.3 is 14.6 Å². The van der Waals surface area contributed by atoms with Crippen molar-refractivity contribution in [2.45, 2.75) is 63.1 Å². The molecule has 1 aliphatic carbocycles. The Hall–Kier alpha value is -3.24. The third-order valence-corrected chi connectivity index (χ3v) is 7.79. The van der Waals surface area contributed by atoms with Crippen molar-refractivity contribution >= 4 is 26.8 Å². The van der Waals surface area contributed by atoms with Crippen molar-refractivity contribution in [1.82, 2.24) is 19.6 Å². The summed E-state index contributed by atoms with van der Waals surface area (Å²) in [5.41, 5.74) is 0.463. The number of aromatic amines is 1. The van der Waals surface area contributed by atoms with Crippen LogP contribution in [0, 0.1) is 0 Å². The van der Waals surface area contributed by atoms with Crippen molar-refractivity contribution in [1.29, 1.82) is 0 Å². The summed E-state index contributed by atoms with van der Waals surface area (Å²) in [6.45, 7) is 3.75. The van der Waals surface area contributed by atoms with Crippen LogP contribution in [0.1, 0.15) is 55.7 Å². The van der Waals surface area contributed by atoms with E-state index in [0.717, 1.165) is 25.7 Å². The fourth-order valence-electron chi connectivity index (χ4n) is 4.37. The molecule has 0 atom stereocenters. The molecule has 1 aliphatic rings. The van der Waals surface area contributed by atoms with E-state index in [1.54, 1.807) is 30.3 Å². The van der Waals surface area contributed by atoms with Gasteiger partial charge in [-0.15, -0.1) is 0 Å². The lowest BCUT2D eigenvalue weighted by Crippen LogP contribution is -2.38. The van der Waals surface area contributed by atoms with Gasteiger partial charge in [-0.3, -0.25) is 9.59 Å². The van der Waals surface area contributed by atoms with Crippen molar-refractivity contribution in [3.63, 3.8) is 0 Å². The predicted molar refractivity (Wildman–Crippen MR) is 133 cm³/mol. The van der Waals surface area contributed by atoms with Gasteiger partial charge in [0.2, 0.25) is 10.0 Å². The van der Waals surface area contributed by atoms with E-state index in [0.29, 0.717) is 16.7 Å². The maximum atomic E-state index is 13.5. The minimum absolute atomic E-state index is 0.0605. The molecule has 0 bridgehead atoms. The van der Waals surface area contributed by atoms with E-state index in [1.165, 1.54) is 24.1 Å². The number of H-pyrrole nitrogens is 1. The Labute approximate surface area is 204 Å². The summed E-state index contributed by atoms with van der Waals surface area (Å²) in [4.78, 5) is 34.7. The molecule has 1 heterocycles. The second-order valence-corrected chi connectivity index (χ2v) is 10.7. The van der Waals surface area contributed by atoms with Crippen molar-refractivity contribution in [3.05, 3.63) is 64.2 Å². The number of nitrogens with zero attached hydrogens (tertiary/aromatic N) is 2. The Morgan fingerprint density at radius 2 is 1.91 bits per heavy atom. The molecule has 1 aromatic heterocycles. The quantitative estimate of drug-likeness (QED) is 0.492. The van der Waals surface area contributed by atoms with Gasteiger partial charge in [-0.2, -0.15) is 0 Å². The topological polar surface area (TPSA) is 121 Å². The van der Waals surface area contributed by atoms with Gasteiger partial charge in [0.15, 0.2) is 0 Å². The van der Waals surface area contributed by atoms with E-state index in [9.17, 15) is 18.0 Å². The highest BCUT2D eigenvalue weighted by Crippen LogP contribution is 2.28. The molecule has 9 nitrogen and oxygen atoms in total. The van der Waals surface area contributed by atoms with Crippen molar-refractivity contribution in [2.24, 2.45) is 0 Å². The number of aromatic nitrogens is 2. The highest BCUT2D eigenvalue weighted by molar-refractivity contribution is 7.89. The molecule has 0 radical (unpaired) electrons. The number of para-hydroxylation sites is 1. The van der Waals surface area contributed by atoms with Crippen LogP contribution in [0.25, 0.3) is 10.9 Å². The molecule has 2 N–H and O–H groups in total. The van der Waals surface area contributed by atoms with Crippen LogP contribution in [0.3, 0.4) is 0 Å². The third kappa shape index (κ3) is 5.38. The minimum Gasteiger partial charge on any atom is -0.495 e. The zero-order valence-electron chi connectivity index (χ0n) is 20.1. The van der Waals surface area contributed by atoms with E-state index in [-0.39, 0.29) is 46.3 Å². The normalized spacial score (nSPS) is 14.5. The van der Waals surface area contributed by atoms with Gasteiger partial charge in [0.1, 0.15) is 16.5 Å². The maximum Gasteiger partial charge on any atom is 0.258 e. The first kappa shape index (κ1) is 24.9. The Morgan fingerprint density at radius 1 is 1.20 bits per heavy atom. The number of hydrogen-bond acceptors (Lipinski definition) is 6. The third-order valence-electron chi connectivity index (χ3n) is 6.24. The molecule has 0 unspecified atom stereocenters. The zero-order valence-corrected chi connectivity index (χ0v) is 20.9. The summed E-state index contributed by atoms with van der Waals surface area (Å²) >= 11 is 0. The first-order valence-corrected chi connectivity index (χ1v) is 13.2. The molecular weight excluding hydrogens is 468 g/mol. The number of hydrogen-bond donors (Lipinski definition) is 2. The summed E-state index contributed by atoms with van der Waals surface area (Å²) in [7, 11) is -2.49. The summed E-state index contributed by atoms with van der Waals surface area (Å²) in [5, 5.41) is 0.471. The Kier molecular flexibility index (Phi) is 7.23. The SMILES string of the molecule is COc1ccc(C(=O)N(Cc2nc3ccccc3c(=O)[nH]2)C(C)C)cc1S(=O)(=O)NC1CCCC1. The summed E-state index contributed by atoms with van der Waals surface area (Å²) < 4.78 is 34.3. The lowest BCUT2D eigenvalue weighted by Gasteiger charge is -2.27. The van der Waals surface area contributed by atoms with Crippen LogP contribution in [0.2, 0.25) is 0 Å². The molecule has 35 heavy (non-hydrogen) atoms. The van der Waals surface area contributed by atoms with E-state index in [4.69, 9.17) is 4.74 Å². The molecule has 2 aromatic carbocycles. The standard InChI is InChI=1S/C25H30N4O5S/c1-16(2)29(15-23-26-20-11-7-6-10-19(20)24(30)27-23)25(31)17-12-13-21(34-3)22(14-17)35(32,33)28-18-8-4-5-9-18/h6-7,10-14,16,18,28H,4-5,8-9,15H2,1-3H3,(H,26,27,30). The largest absolute Gasteiger partial charge is 0.495 e. The maximum absolute atomic E-state index is 13.5. The molecule has 186 valence electrons. The van der Waals surface area contributed by atoms with Crippen molar-refractivity contribution < 1.29 is 17.9 Å². The van der Waals surface area contributed by atoms with E-state index in [2.05, 4.69) is 14.7 Å². The summed E-state index contributed by atoms with van der Waals surface area (Å²) in [5.74, 6) is 0.138. The molecule has 4 rings (SSSR count). The minimum atomic E-state index is -3.88. The summed E-state index contributed by atoms with van der Waals surface area (Å²) in [6.07, 6.45) is 3.55. The lowest BCUT2D eigenvalue weighted by molar-refractivity contribution is 0.0684. The average Bonchev–Trinajstić information content (AvgIpc) is 3.34. The number of amides is 1. The molecule has 10 heteroatoms. The van der Waals surface area contributed by atoms with Gasteiger partial charge >= 0.3 is 0 Å². The number of sulfonamides is 1. The molecule has 0 aliphatic heterocycles. The Morgan fingerprint density at radius 3 is 2.60 bits per heavy atom. The number of methoxy groups -OCH3 is 1. The molecule has 1 fully saturated rings.